The molecule has 37 heavy (non-hydrogen) atoms. The van der Waals surface area contributed by atoms with E-state index in [2.05, 4.69) is 59.3 Å². The highest BCUT2D eigenvalue weighted by Gasteiger charge is 2.47. The summed E-state index contributed by atoms with van der Waals surface area (Å²) in [4.78, 5) is 33.2. The van der Waals surface area contributed by atoms with Crippen molar-refractivity contribution in [2.24, 2.45) is 0 Å². The first kappa shape index (κ1) is 25.5. The molecule has 1 fully saturated rings. The van der Waals surface area contributed by atoms with Crippen LogP contribution in [0.4, 0.5) is 5.69 Å². The molecular weight excluding hydrogens is 478 g/mol. The van der Waals surface area contributed by atoms with Gasteiger partial charge in [0.15, 0.2) is 0 Å². The molecule has 6 heteroatoms. The first-order valence-electron chi connectivity index (χ1n) is 13.6. The molecule has 2 atom stereocenters. The molecule has 0 spiro atoms. The van der Waals surface area contributed by atoms with Crippen LogP contribution in [0.2, 0.25) is 0 Å². The monoisotopic (exact) mass is 515 g/mol. The number of anilines is 1. The second kappa shape index (κ2) is 11.5. The molecule has 194 valence electrons. The van der Waals surface area contributed by atoms with E-state index in [1.54, 1.807) is 11.3 Å². The molecule has 0 unspecified atom stereocenters. The van der Waals surface area contributed by atoms with E-state index in [0.717, 1.165) is 55.6 Å². The maximum Gasteiger partial charge on any atom is 0.254 e. The Morgan fingerprint density at radius 3 is 2.62 bits per heavy atom. The van der Waals surface area contributed by atoms with E-state index in [4.69, 9.17) is 0 Å². The van der Waals surface area contributed by atoms with Gasteiger partial charge < -0.3 is 15.1 Å². The summed E-state index contributed by atoms with van der Waals surface area (Å²) in [6.45, 7) is 6.69. The Kier molecular flexibility index (Phi) is 7.94. The van der Waals surface area contributed by atoms with Gasteiger partial charge in [0.25, 0.3) is 5.91 Å². The number of rotatable bonds is 9. The number of aryl methyl sites for hydroxylation is 1. The van der Waals surface area contributed by atoms with Gasteiger partial charge in [0, 0.05) is 41.8 Å². The van der Waals surface area contributed by atoms with Crippen molar-refractivity contribution in [1.82, 2.24) is 10.2 Å². The quantitative estimate of drug-likeness (QED) is 0.340. The average molecular weight is 516 g/mol. The van der Waals surface area contributed by atoms with Gasteiger partial charge in [0.1, 0.15) is 0 Å². The van der Waals surface area contributed by atoms with E-state index < -0.39 is 5.92 Å². The largest absolute Gasteiger partial charge is 0.372 e. The molecule has 0 saturated heterocycles. The number of hydrogen-bond donors (Lipinski definition) is 1. The van der Waals surface area contributed by atoms with Gasteiger partial charge in [0.05, 0.1) is 12.0 Å². The van der Waals surface area contributed by atoms with Crippen molar-refractivity contribution in [2.45, 2.75) is 64.0 Å². The van der Waals surface area contributed by atoms with E-state index in [-0.39, 0.29) is 23.9 Å². The standard InChI is InChI=1S/C31H37N3O2S/c1-3-33(24-14-8-11-22(2)21-24)19-10-18-32-30(35)28-25-15-6-7-16-26(25)31(36)34(23-12-4-5-13-23)29(28)27-17-9-20-37-27/h6-9,11,14-17,20-21,23,28-29H,3-5,10,12-13,18-19H2,1-2H3,(H,32,35)/t28-,29+/m1/s1. The number of nitrogens with one attached hydrogen (secondary N) is 1. The van der Waals surface area contributed by atoms with E-state index in [1.807, 2.05) is 35.7 Å². The summed E-state index contributed by atoms with van der Waals surface area (Å²) in [5.41, 5.74) is 4.01. The van der Waals surface area contributed by atoms with Crippen molar-refractivity contribution < 1.29 is 9.59 Å². The van der Waals surface area contributed by atoms with Crippen molar-refractivity contribution in [3.8, 4) is 0 Å². The third kappa shape index (κ3) is 5.30. The van der Waals surface area contributed by atoms with Crippen LogP contribution in [0.1, 0.15) is 77.3 Å². The fourth-order valence-electron chi connectivity index (χ4n) is 6.07. The Labute approximate surface area is 224 Å². The zero-order chi connectivity index (χ0) is 25.8. The summed E-state index contributed by atoms with van der Waals surface area (Å²) < 4.78 is 0. The molecule has 5 rings (SSSR count). The number of amides is 2. The lowest BCUT2D eigenvalue weighted by atomic mass is 9.80. The summed E-state index contributed by atoms with van der Waals surface area (Å²) in [6.07, 6.45) is 5.15. The summed E-state index contributed by atoms with van der Waals surface area (Å²) in [6, 6.07) is 20.3. The Balaban J connectivity index is 1.36. The van der Waals surface area contributed by atoms with Gasteiger partial charge in [-0.15, -0.1) is 11.3 Å². The molecule has 3 aromatic rings. The molecule has 2 heterocycles. The van der Waals surface area contributed by atoms with Crippen LogP contribution in [0.15, 0.2) is 66.0 Å². The third-order valence-corrected chi connectivity index (χ3v) is 8.81. The Morgan fingerprint density at radius 1 is 1.08 bits per heavy atom. The summed E-state index contributed by atoms with van der Waals surface area (Å²) in [5, 5.41) is 5.30. The Morgan fingerprint density at radius 2 is 1.89 bits per heavy atom. The number of nitrogens with zero attached hydrogens (tertiary/aromatic N) is 2. The molecule has 1 aliphatic heterocycles. The fourth-order valence-corrected chi connectivity index (χ4v) is 6.93. The molecule has 2 aromatic carbocycles. The first-order chi connectivity index (χ1) is 18.1. The van der Waals surface area contributed by atoms with E-state index in [9.17, 15) is 9.59 Å². The highest BCUT2D eigenvalue weighted by atomic mass is 32.1. The zero-order valence-electron chi connectivity index (χ0n) is 21.9. The highest BCUT2D eigenvalue weighted by Crippen LogP contribution is 2.47. The van der Waals surface area contributed by atoms with Gasteiger partial charge in [-0.1, -0.05) is 49.2 Å². The number of hydrogen-bond acceptors (Lipinski definition) is 4. The van der Waals surface area contributed by atoms with Crippen molar-refractivity contribution in [3.05, 3.63) is 87.6 Å². The smallest absolute Gasteiger partial charge is 0.254 e. The summed E-state index contributed by atoms with van der Waals surface area (Å²) in [7, 11) is 0. The lowest BCUT2D eigenvalue weighted by molar-refractivity contribution is -0.124. The molecule has 1 N–H and O–H groups in total. The van der Waals surface area contributed by atoms with Crippen LogP contribution in [0.25, 0.3) is 0 Å². The molecule has 5 nitrogen and oxygen atoms in total. The predicted octanol–water partition coefficient (Wildman–Crippen LogP) is 6.31. The van der Waals surface area contributed by atoms with Crippen LogP contribution < -0.4 is 10.2 Å². The number of thiophene rings is 1. The molecule has 1 aliphatic carbocycles. The summed E-state index contributed by atoms with van der Waals surface area (Å²) in [5.74, 6) is -0.325. The van der Waals surface area contributed by atoms with Crippen molar-refractivity contribution in [2.75, 3.05) is 24.5 Å². The Hall–Kier alpha value is -3.12. The second-order valence-electron chi connectivity index (χ2n) is 10.2. The van der Waals surface area contributed by atoms with Crippen LogP contribution in [-0.4, -0.2) is 42.4 Å². The SMILES string of the molecule is CCN(CCCNC(=O)[C@@H]1c2ccccc2C(=O)N(C2CCCC2)[C@H]1c1cccs1)c1cccc(C)c1. The van der Waals surface area contributed by atoms with Gasteiger partial charge in [-0.25, -0.2) is 0 Å². The maximum atomic E-state index is 13.9. The zero-order valence-corrected chi connectivity index (χ0v) is 22.7. The Bertz CT molecular complexity index is 1220. The third-order valence-electron chi connectivity index (χ3n) is 7.86. The molecule has 2 amide bonds. The molecule has 0 radical (unpaired) electrons. The van der Waals surface area contributed by atoms with E-state index in [0.29, 0.717) is 12.1 Å². The number of carbonyl (C=O) groups excluding carboxylic acids is 2. The lowest BCUT2D eigenvalue weighted by Crippen LogP contribution is -2.50. The molecular formula is C31H37N3O2S. The van der Waals surface area contributed by atoms with Crippen LogP contribution in [0, 0.1) is 6.92 Å². The average Bonchev–Trinajstić information content (AvgIpc) is 3.63. The van der Waals surface area contributed by atoms with Crippen LogP contribution in [-0.2, 0) is 4.79 Å². The minimum absolute atomic E-state index is 0.0138. The normalized spacial score (nSPS) is 19.6. The number of carbonyl (C=O) groups is 2. The van der Waals surface area contributed by atoms with Gasteiger partial charge in [-0.2, -0.15) is 0 Å². The van der Waals surface area contributed by atoms with Gasteiger partial charge >= 0.3 is 0 Å². The molecule has 2 aliphatic rings. The van der Waals surface area contributed by atoms with E-state index >= 15 is 0 Å². The maximum absolute atomic E-state index is 13.9. The van der Waals surface area contributed by atoms with Crippen molar-refractivity contribution >= 4 is 28.8 Å². The van der Waals surface area contributed by atoms with Crippen molar-refractivity contribution in [1.29, 1.82) is 0 Å². The van der Waals surface area contributed by atoms with Gasteiger partial charge in [-0.3, -0.25) is 9.59 Å². The minimum atomic E-state index is -0.410. The van der Waals surface area contributed by atoms with Crippen LogP contribution in [0.3, 0.4) is 0 Å². The van der Waals surface area contributed by atoms with Crippen LogP contribution in [0.5, 0.6) is 0 Å². The topological polar surface area (TPSA) is 52.7 Å². The lowest BCUT2D eigenvalue weighted by Gasteiger charge is -2.44. The van der Waals surface area contributed by atoms with Gasteiger partial charge in [0.2, 0.25) is 5.91 Å². The molecule has 0 bridgehead atoms. The minimum Gasteiger partial charge on any atom is -0.372 e. The number of benzene rings is 2. The first-order valence-corrected chi connectivity index (χ1v) is 14.5. The fraction of sp³-hybridized carbons (Fsp3) is 0.419. The highest BCUT2D eigenvalue weighted by molar-refractivity contribution is 7.10. The number of fused-ring (bicyclic) bond motifs is 1. The molecule has 1 aromatic heterocycles. The molecule has 1 saturated carbocycles. The van der Waals surface area contributed by atoms with Crippen molar-refractivity contribution in [3.63, 3.8) is 0 Å². The summed E-state index contributed by atoms with van der Waals surface area (Å²) >= 11 is 1.64. The van der Waals surface area contributed by atoms with Gasteiger partial charge in [-0.05, 0) is 73.9 Å². The predicted molar refractivity (Wildman–Crippen MR) is 151 cm³/mol. The second-order valence-corrected chi connectivity index (χ2v) is 11.2. The van der Waals surface area contributed by atoms with E-state index in [1.165, 1.54) is 11.3 Å². The van der Waals surface area contributed by atoms with Crippen LogP contribution >= 0.6 is 11.3 Å².